The summed E-state index contributed by atoms with van der Waals surface area (Å²) in [4.78, 5) is 37.8. The molecule has 4 aromatic rings. The highest BCUT2D eigenvalue weighted by Gasteiger charge is 2.20. The number of amides is 1. The third kappa shape index (κ3) is 4.01. The fourth-order valence-electron chi connectivity index (χ4n) is 3.18. The fourth-order valence-corrected chi connectivity index (χ4v) is 3.18. The SMILES string of the molecule is Cc1ccc2nc(-c3ccc(C)c(NC(=O)c4cc([N+](=O)[O-])cc([N+](=O)[O-])c4)c3)oc2c1. The number of nitro groups is 2. The molecule has 1 aromatic heterocycles. The molecule has 0 unspecified atom stereocenters. The number of carbonyl (C=O) groups excluding carboxylic acids is 1. The summed E-state index contributed by atoms with van der Waals surface area (Å²) >= 11 is 0. The molecule has 0 aliphatic rings. The molecule has 0 atom stereocenters. The zero-order valence-corrected chi connectivity index (χ0v) is 17.0. The topological polar surface area (TPSA) is 141 Å². The van der Waals surface area contributed by atoms with Gasteiger partial charge in [-0.1, -0.05) is 12.1 Å². The first-order valence-corrected chi connectivity index (χ1v) is 9.45. The second kappa shape index (κ2) is 7.91. The van der Waals surface area contributed by atoms with Crippen molar-refractivity contribution in [3.63, 3.8) is 0 Å². The molecule has 0 radical (unpaired) electrons. The zero-order valence-electron chi connectivity index (χ0n) is 17.0. The normalized spacial score (nSPS) is 10.8. The second-order valence-corrected chi connectivity index (χ2v) is 7.23. The smallest absolute Gasteiger partial charge is 0.277 e. The third-order valence-corrected chi connectivity index (χ3v) is 4.86. The lowest BCUT2D eigenvalue weighted by Gasteiger charge is -2.10. The summed E-state index contributed by atoms with van der Waals surface area (Å²) in [5, 5.41) is 24.8. The van der Waals surface area contributed by atoms with Gasteiger partial charge in [0.2, 0.25) is 5.89 Å². The number of benzene rings is 3. The molecule has 3 aromatic carbocycles. The predicted molar refractivity (Wildman–Crippen MR) is 117 cm³/mol. The number of carbonyl (C=O) groups is 1. The van der Waals surface area contributed by atoms with Gasteiger partial charge in [-0.05, 0) is 49.2 Å². The predicted octanol–water partition coefficient (Wildman–Crippen LogP) is 5.18. The Labute approximate surface area is 180 Å². The Bertz CT molecular complexity index is 1380. The number of oxazole rings is 1. The molecule has 1 heterocycles. The first kappa shape index (κ1) is 20.7. The summed E-state index contributed by atoms with van der Waals surface area (Å²) in [6, 6.07) is 13.7. The van der Waals surface area contributed by atoms with E-state index in [2.05, 4.69) is 10.3 Å². The van der Waals surface area contributed by atoms with Crippen LogP contribution in [-0.4, -0.2) is 20.7 Å². The number of nitro benzene ring substituents is 2. The molecular weight excluding hydrogens is 416 g/mol. The van der Waals surface area contributed by atoms with Crippen molar-refractivity contribution in [3.05, 3.63) is 91.5 Å². The van der Waals surface area contributed by atoms with Crippen LogP contribution in [0.3, 0.4) is 0 Å². The average molecular weight is 432 g/mol. The van der Waals surface area contributed by atoms with Crippen LogP contribution in [-0.2, 0) is 0 Å². The van der Waals surface area contributed by atoms with E-state index in [1.54, 1.807) is 25.1 Å². The number of aromatic nitrogens is 1. The molecule has 32 heavy (non-hydrogen) atoms. The van der Waals surface area contributed by atoms with Crippen LogP contribution in [0.15, 0.2) is 59.0 Å². The Morgan fingerprint density at radius 2 is 1.62 bits per heavy atom. The van der Waals surface area contributed by atoms with Gasteiger partial charge in [-0.25, -0.2) is 4.98 Å². The molecule has 0 fully saturated rings. The van der Waals surface area contributed by atoms with Crippen LogP contribution in [0.25, 0.3) is 22.6 Å². The molecule has 0 aliphatic carbocycles. The lowest BCUT2D eigenvalue weighted by molar-refractivity contribution is -0.394. The molecule has 0 spiro atoms. The monoisotopic (exact) mass is 432 g/mol. The maximum atomic E-state index is 12.7. The van der Waals surface area contributed by atoms with E-state index < -0.39 is 27.1 Å². The first-order chi connectivity index (χ1) is 15.2. The largest absolute Gasteiger partial charge is 0.436 e. The Balaban J connectivity index is 1.68. The Hall–Kier alpha value is -4.60. The van der Waals surface area contributed by atoms with Gasteiger partial charge in [0.05, 0.1) is 21.5 Å². The van der Waals surface area contributed by atoms with Crippen LogP contribution >= 0.6 is 0 Å². The van der Waals surface area contributed by atoms with Gasteiger partial charge < -0.3 is 9.73 Å². The zero-order chi connectivity index (χ0) is 23.0. The number of anilines is 1. The van der Waals surface area contributed by atoms with Crippen molar-refractivity contribution in [1.29, 1.82) is 0 Å². The highest BCUT2D eigenvalue weighted by molar-refractivity contribution is 6.05. The molecule has 0 saturated heterocycles. The summed E-state index contributed by atoms with van der Waals surface area (Å²) < 4.78 is 5.83. The van der Waals surface area contributed by atoms with Gasteiger partial charge in [0.25, 0.3) is 17.3 Å². The van der Waals surface area contributed by atoms with Crippen molar-refractivity contribution in [2.24, 2.45) is 0 Å². The van der Waals surface area contributed by atoms with Crippen LogP contribution in [0.2, 0.25) is 0 Å². The van der Waals surface area contributed by atoms with Crippen LogP contribution in [0, 0.1) is 34.1 Å². The Morgan fingerprint density at radius 3 is 2.28 bits per heavy atom. The molecule has 0 saturated carbocycles. The highest BCUT2D eigenvalue weighted by atomic mass is 16.6. The quantitative estimate of drug-likeness (QED) is 0.338. The van der Waals surface area contributed by atoms with E-state index >= 15 is 0 Å². The molecule has 4 rings (SSSR count). The molecular formula is C22H16N4O6. The van der Waals surface area contributed by atoms with Crippen molar-refractivity contribution >= 4 is 34.1 Å². The van der Waals surface area contributed by atoms with Crippen LogP contribution in [0.4, 0.5) is 17.1 Å². The van der Waals surface area contributed by atoms with Gasteiger partial charge in [0, 0.05) is 23.4 Å². The molecule has 1 N–H and O–H groups in total. The van der Waals surface area contributed by atoms with Crippen LogP contribution < -0.4 is 5.32 Å². The number of fused-ring (bicyclic) bond motifs is 1. The molecule has 10 nitrogen and oxygen atoms in total. The van der Waals surface area contributed by atoms with E-state index in [0.29, 0.717) is 33.8 Å². The lowest BCUT2D eigenvalue weighted by Crippen LogP contribution is -2.13. The maximum absolute atomic E-state index is 12.7. The number of nitrogens with zero attached hydrogens (tertiary/aromatic N) is 3. The van der Waals surface area contributed by atoms with Crippen molar-refractivity contribution in [1.82, 2.24) is 4.98 Å². The van der Waals surface area contributed by atoms with E-state index in [1.165, 1.54) is 0 Å². The molecule has 0 bridgehead atoms. The number of nitrogens with one attached hydrogen (secondary N) is 1. The average Bonchev–Trinajstić information content (AvgIpc) is 3.18. The van der Waals surface area contributed by atoms with Gasteiger partial charge >= 0.3 is 0 Å². The minimum atomic E-state index is -0.787. The molecule has 0 aliphatic heterocycles. The van der Waals surface area contributed by atoms with E-state index in [9.17, 15) is 25.0 Å². The number of hydrogen-bond donors (Lipinski definition) is 1. The third-order valence-electron chi connectivity index (χ3n) is 4.86. The number of aryl methyl sites for hydroxylation is 2. The lowest BCUT2D eigenvalue weighted by atomic mass is 10.1. The van der Waals surface area contributed by atoms with Gasteiger partial charge in [-0.3, -0.25) is 25.0 Å². The summed E-state index contributed by atoms with van der Waals surface area (Å²) in [6.07, 6.45) is 0. The van der Waals surface area contributed by atoms with Crippen molar-refractivity contribution in [2.75, 3.05) is 5.32 Å². The minimum absolute atomic E-state index is 0.201. The number of hydrogen-bond acceptors (Lipinski definition) is 7. The summed E-state index contributed by atoms with van der Waals surface area (Å²) in [7, 11) is 0. The van der Waals surface area contributed by atoms with Gasteiger partial charge in [-0.2, -0.15) is 0 Å². The summed E-state index contributed by atoms with van der Waals surface area (Å²) in [5.41, 5.74) is 2.82. The van der Waals surface area contributed by atoms with Gasteiger partial charge in [-0.15, -0.1) is 0 Å². The summed E-state index contributed by atoms with van der Waals surface area (Å²) in [6.45, 7) is 3.71. The standard InChI is InChI=1S/C22H16N4O6/c1-12-3-6-18-20(7-12)32-22(24-18)14-5-4-13(2)19(10-14)23-21(27)15-8-16(25(28)29)11-17(9-15)26(30)31/h3-11H,1-2H3,(H,23,27). The highest BCUT2D eigenvalue weighted by Crippen LogP contribution is 2.29. The molecule has 160 valence electrons. The first-order valence-electron chi connectivity index (χ1n) is 9.45. The van der Waals surface area contributed by atoms with E-state index in [-0.39, 0.29) is 5.56 Å². The summed E-state index contributed by atoms with van der Waals surface area (Å²) in [5.74, 6) is -0.350. The number of non-ortho nitro benzene ring substituents is 2. The Kier molecular flexibility index (Phi) is 5.11. The van der Waals surface area contributed by atoms with E-state index in [0.717, 1.165) is 23.8 Å². The van der Waals surface area contributed by atoms with Crippen LogP contribution in [0.1, 0.15) is 21.5 Å². The molecule has 10 heteroatoms. The second-order valence-electron chi connectivity index (χ2n) is 7.23. The minimum Gasteiger partial charge on any atom is -0.436 e. The fraction of sp³-hybridized carbons (Fsp3) is 0.0909. The van der Waals surface area contributed by atoms with Crippen molar-refractivity contribution in [3.8, 4) is 11.5 Å². The van der Waals surface area contributed by atoms with Crippen molar-refractivity contribution in [2.45, 2.75) is 13.8 Å². The molecule has 1 amide bonds. The van der Waals surface area contributed by atoms with E-state index in [1.807, 2.05) is 25.1 Å². The Morgan fingerprint density at radius 1 is 0.938 bits per heavy atom. The van der Waals surface area contributed by atoms with Crippen molar-refractivity contribution < 1.29 is 19.1 Å². The van der Waals surface area contributed by atoms with Crippen LogP contribution in [0.5, 0.6) is 0 Å². The number of rotatable bonds is 5. The van der Waals surface area contributed by atoms with Gasteiger partial charge in [0.15, 0.2) is 5.58 Å². The maximum Gasteiger partial charge on any atom is 0.277 e. The van der Waals surface area contributed by atoms with E-state index in [4.69, 9.17) is 4.42 Å². The van der Waals surface area contributed by atoms with Gasteiger partial charge in [0.1, 0.15) is 5.52 Å².